The van der Waals surface area contributed by atoms with Gasteiger partial charge in [-0.1, -0.05) is 29.8 Å². The lowest BCUT2D eigenvalue weighted by Gasteiger charge is -2.09. The second-order valence-corrected chi connectivity index (χ2v) is 7.08. The SMILES string of the molecule is COc1ccc(NC(=S)Nc2nn(Cc3ccc(C)cc3)cc2Br)cc1. The molecule has 0 unspecified atom stereocenters. The van der Waals surface area contributed by atoms with Crippen LogP contribution >= 0.6 is 28.1 Å². The Hall–Kier alpha value is -2.38. The number of ether oxygens (including phenoxy) is 1. The molecule has 134 valence electrons. The summed E-state index contributed by atoms with van der Waals surface area (Å²) >= 11 is 8.89. The molecule has 2 N–H and O–H groups in total. The predicted octanol–water partition coefficient (Wildman–Crippen LogP) is 4.82. The Bertz CT molecular complexity index is 891. The third-order valence-electron chi connectivity index (χ3n) is 3.76. The van der Waals surface area contributed by atoms with E-state index in [4.69, 9.17) is 17.0 Å². The summed E-state index contributed by atoms with van der Waals surface area (Å²) in [6, 6.07) is 16.0. The van der Waals surface area contributed by atoms with Gasteiger partial charge < -0.3 is 15.4 Å². The number of aromatic nitrogens is 2. The first-order valence-electron chi connectivity index (χ1n) is 8.04. The van der Waals surface area contributed by atoms with Gasteiger partial charge in [0.05, 0.1) is 18.1 Å². The fraction of sp³-hybridized carbons (Fsp3) is 0.158. The summed E-state index contributed by atoms with van der Waals surface area (Å²) in [5.74, 6) is 1.47. The largest absolute Gasteiger partial charge is 0.497 e. The Kier molecular flexibility index (Phi) is 5.90. The van der Waals surface area contributed by atoms with E-state index in [1.54, 1.807) is 7.11 Å². The minimum Gasteiger partial charge on any atom is -0.497 e. The number of benzene rings is 2. The van der Waals surface area contributed by atoms with E-state index in [1.807, 2.05) is 35.1 Å². The number of aryl methyl sites for hydroxylation is 1. The molecular formula is C19H19BrN4OS. The van der Waals surface area contributed by atoms with Crippen LogP contribution in [0.3, 0.4) is 0 Å². The molecule has 1 aromatic heterocycles. The Balaban J connectivity index is 1.62. The summed E-state index contributed by atoms with van der Waals surface area (Å²) in [5.41, 5.74) is 3.31. The predicted molar refractivity (Wildman–Crippen MR) is 113 cm³/mol. The van der Waals surface area contributed by atoms with Crippen molar-refractivity contribution in [1.29, 1.82) is 0 Å². The zero-order chi connectivity index (χ0) is 18.5. The molecule has 1 heterocycles. The van der Waals surface area contributed by atoms with E-state index >= 15 is 0 Å². The highest BCUT2D eigenvalue weighted by molar-refractivity contribution is 9.10. The van der Waals surface area contributed by atoms with Crippen LogP contribution in [0.15, 0.2) is 59.2 Å². The molecule has 0 saturated heterocycles. The van der Waals surface area contributed by atoms with Gasteiger partial charge in [0.2, 0.25) is 0 Å². The summed E-state index contributed by atoms with van der Waals surface area (Å²) in [7, 11) is 1.64. The van der Waals surface area contributed by atoms with Crippen molar-refractivity contribution in [2.45, 2.75) is 13.5 Å². The van der Waals surface area contributed by atoms with Crippen LogP contribution in [0.4, 0.5) is 11.5 Å². The van der Waals surface area contributed by atoms with Crippen molar-refractivity contribution < 1.29 is 4.74 Å². The molecule has 26 heavy (non-hydrogen) atoms. The van der Waals surface area contributed by atoms with E-state index in [9.17, 15) is 0 Å². The van der Waals surface area contributed by atoms with Crippen molar-refractivity contribution in [2.24, 2.45) is 0 Å². The van der Waals surface area contributed by atoms with Gasteiger partial charge in [0.15, 0.2) is 10.9 Å². The van der Waals surface area contributed by atoms with Gasteiger partial charge in [-0.3, -0.25) is 4.68 Å². The second-order valence-electron chi connectivity index (χ2n) is 5.82. The van der Waals surface area contributed by atoms with E-state index in [-0.39, 0.29) is 0 Å². The summed E-state index contributed by atoms with van der Waals surface area (Å²) in [5, 5.41) is 11.3. The fourth-order valence-electron chi connectivity index (χ4n) is 2.39. The zero-order valence-corrected chi connectivity index (χ0v) is 16.9. The second kappa shape index (κ2) is 8.33. The number of thiocarbonyl (C=S) groups is 1. The quantitative estimate of drug-likeness (QED) is 0.568. The van der Waals surface area contributed by atoms with E-state index < -0.39 is 0 Å². The monoisotopic (exact) mass is 430 g/mol. The van der Waals surface area contributed by atoms with Crippen molar-refractivity contribution in [3.05, 3.63) is 70.3 Å². The Morgan fingerprint density at radius 3 is 2.46 bits per heavy atom. The molecule has 0 saturated carbocycles. The molecule has 0 aliphatic rings. The molecule has 0 bridgehead atoms. The average molecular weight is 431 g/mol. The molecule has 0 radical (unpaired) electrons. The van der Waals surface area contributed by atoms with E-state index in [0.717, 1.165) is 15.9 Å². The Morgan fingerprint density at radius 1 is 1.12 bits per heavy atom. The van der Waals surface area contributed by atoms with Crippen LogP contribution < -0.4 is 15.4 Å². The molecule has 0 aliphatic carbocycles. The van der Waals surface area contributed by atoms with Crippen molar-refractivity contribution in [3.8, 4) is 5.75 Å². The van der Waals surface area contributed by atoms with Crippen LogP contribution in [0.1, 0.15) is 11.1 Å². The molecule has 0 amide bonds. The zero-order valence-electron chi connectivity index (χ0n) is 14.5. The van der Waals surface area contributed by atoms with Gasteiger partial charge in [-0.25, -0.2) is 0 Å². The number of methoxy groups -OCH3 is 1. The molecule has 3 aromatic rings. The van der Waals surface area contributed by atoms with Gasteiger partial charge in [-0.05, 0) is 64.9 Å². The highest BCUT2D eigenvalue weighted by atomic mass is 79.9. The summed E-state index contributed by atoms with van der Waals surface area (Å²) in [6.45, 7) is 2.77. The van der Waals surface area contributed by atoms with Crippen molar-refractivity contribution in [3.63, 3.8) is 0 Å². The molecule has 2 aromatic carbocycles. The van der Waals surface area contributed by atoms with Crippen molar-refractivity contribution in [2.75, 3.05) is 17.7 Å². The third-order valence-corrected chi connectivity index (χ3v) is 4.55. The van der Waals surface area contributed by atoms with E-state index in [1.165, 1.54) is 11.1 Å². The molecule has 3 rings (SSSR count). The van der Waals surface area contributed by atoms with Crippen LogP contribution in [-0.4, -0.2) is 22.0 Å². The number of nitrogens with one attached hydrogen (secondary N) is 2. The Morgan fingerprint density at radius 2 is 1.81 bits per heavy atom. The molecule has 0 atom stereocenters. The first kappa shape index (κ1) is 18.4. The van der Waals surface area contributed by atoms with Gasteiger partial charge in [0.1, 0.15) is 5.75 Å². The van der Waals surface area contributed by atoms with Gasteiger partial charge in [-0.2, -0.15) is 5.10 Å². The maximum Gasteiger partial charge on any atom is 0.176 e. The standard InChI is InChI=1S/C19H19BrN4OS/c1-13-3-5-14(6-4-13)11-24-12-17(20)18(23-24)22-19(26)21-15-7-9-16(25-2)10-8-15/h3-10,12H,11H2,1-2H3,(H2,21,22,23,26). The van der Waals surface area contributed by atoms with Gasteiger partial charge >= 0.3 is 0 Å². The highest BCUT2D eigenvalue weighted by Gasteiger charge is 2.09. The maximum atomic E-state index is 5.37. The molecular weight excluding hydrogens is 412 g/mol. The van der Waals surface area contributed by atoms with Gasteiger partial charge in [0, 0.05) is 11.9 Å². The first-order chi connectivity index (χ1) is 12.5. The fourth-order valence-corrected chi connectivity index (χ4v) is 3.02. The van der Waals surface area contributed by atoms with Crippen molar-refractivity contribution >= 4 is 44.8 Å². The molecule has 7 heteroatoms. The van der Waals surface area contributed by atoms with Crippen LogP contribution in [-0.2, 0) is 6.54 Å². The lowest BCUT2D eigenvalue weighted by molar-refractivity contribution is 0.415. The maximum absolute atomic E-state index is 5.37. The number of halogens is 1. The highest BCUT2D eigenvalue weighted by Crippen LogP contribution is 2.21. The number of nitrogens with zero attached hydrogens (tertiary/aromatic N) is 2. The molecule has 0 spiro atoms. The molecule has 0 fully saturated rings. The third kappa shape index (κ3) is 4.83. The summed E-state index contributed by atoms with van der Waals surface area (Å²) < 4.78 is 7.87. The van der Waals surface area contributed by atoms with Gasteiger partial charge in [0.25, 0.3) is 0 Å². The smallest absolute Gasteiger partial charge is 0.176 e. The summed E-state index contributed by atoms with van der Waals surface area (Å²) in [4.78, 5) is 0. The van der Waals surface area contributed by atoms with Gasteiger partial charge in [-0.15, -0.1) is 0 Å². The summed E-state index contributed by atoms with van der Waals surface area (Å²) in [6.07, 6.45) is 1.93. The molecule has 0 aliphatic heterocycles. The van der Waals surface area contributed by atoms with Crippen LogP contribution in [0.2, 0.25) is 0 Å². The lowest BCUT2D eigenvalue weighted by Crippen LogP contribution is -2.19. The van der Waals surface area contributed by atoms with E-state index in [2.05, 4.69) is 62.9 Å². The average Bonchev–Trinajstić information content (AvgIpc) is 2.96. The lowest BCUT2D eigenvalue weighted by atomic mass is 10.1. The van der Waals surface area contributed by atoms with E-state index in [0.29, 0.717) is 17.5 Å². The van der Waals surface area contributed by atoms with Crippen LogP contribution in [0, 0.1) is 6.92 Å². The number of hydrogen-bond donors (Lipinski definition) is 2. The van der Waals surface area contributed by atoms with Crippen LogP contribution in [0.25, 0.3) is 0 Å². The minimum absolute atomic E-state index is 0.469. The normalized spacial score (nSPS) is 10.4. The van der Waals surface area contributed by atoms with Crippen molar-refractivity contribution in [1.82, 2.24) is 9.78 Å². The number of rotatable bonds is 5. The minimum atomic E-state index is 0.469. The Labute approximate surface area is 166 Å². The number of hydrogen-bond acceptors (Lipinski definition) is 3. The van der Waals surface area contributed by atoms with Crippen LogP contribution in [0.5, 0.6) is 5.75 Å². The number of anilines is 2. The molecule has 5 nitrogen and oxygen atoms in total. The topological polar surface area (TPSA) is 51.1 Å². The first-order valence-corrected chi connectivity index (χ1v) is 9.24.